The minimum atomic E-state index is -0.238. The first-order valence-electron chi connectivity index (χ1n) is 8.17. The first-order chi connectivity index (χ1) is 12.7. The van der Waals surface area contributed by atoms with Gasteiger partial charge in [-0.15, -0.1) is 0 Å². The highest BCUT2D eigenvalue weighted by Gasteiger charge is 2.30. The Bertz CT molecular complexity index is 1200. The molecule has 4 aromatic rings. The molecule has 1 aliphatic rings. The lowest BCUT2D eigenvalue weighted by molar-refractivity contribution is 0.102. The van der Waals surface area contributed by atoms with Crippen LogP contribution in [0.1, 0.15) is 26.3 Å². The molecule has 0 aliphatic heterocycles. The number of amides is 1. The number of nitrogens with one attached hydrogen (secondary N) is 1. The Labute approximate surface area is 153 Å². The predicted octanol–water partition coefficient (Wildman–Crippen LogP) is 4.76. The van der Waals surface area contributed by atoms with Crippen molar-refractivity contribution in [3.63, 3.8) is 0 Å². The highest BCUT2D eigenvalue weighted by Crippen LogP contribution is 2.43. The lowest BCUT2D eigenvalue weighted by Crippen LogP contribution is -2.17. The summed E-state index contributed by atoms with van der Waals surface area (Å²) in [4.78, 5) is 25.7. The molecule has 26 heavy (non-hydrogen) atoms. The van der Waals surface area contributed by atoms with Crippen LogP contribution in [0.5, 0.6) is 0 Å². The molecule has 0 fully saturated rings. The second-order valence-corrected chi connectivity index (χ2v) is 6.89. The van der Waals surface area contributed by atoms with E-state index >= 15 is 0 Å². The van der Waals surface area contributed by atoms with Crippen LogP contribution in [0.4, 0.5) is 5.69 Å². The predicted molar refractivity (Wildman–Crippen MR) is 103 cm³/mol. The quantitative estimate of drug-likeness (QED) is 0.496. The Morgan fingerprint density at radius 1 is 0.885 bits per heavy atom. The highest BCUT2D eigenvalue weighted by molar-refractivity contribution is 7.13. The fourth-order valence-corrected chi connectivity index (χ4v) is 4.16. The van der Waals surface area contributed by atoms with Crippen molar-refractivity contribution in [1.29, 1.82) is 0 Å². The number of carbonyl (C=O) groups excluding carboxylic acids is 2. The van der Waals surface area contributed by atoms with Crippen molar-refractivity contribution in [1.82, 2.24) is 4.37 Å². The average molecular weight is 356 g/mol. The van der Waals surface area contributed by atoms with E-state index in [1.807, 2.05) is 48.5 Å². The molecule has 3 aromatic carbocycles. The van der Waals surface area contributed by atoms with Crippen LogP contribution >= 0.6 is 11.5 Å². The molecule has 5 heteroatoms. The molecule has 1 aromatic heterocycles. The van der Waals surface area contributed by atoms with Crippen molar-refractivity contribution in [3.05, 3.63) is 83.4 Å². The summed E-state index contributed by atoms with van der Waals surface area (Å²) in [6.45, 7) is 0. The van der Waals surface area contributed by atoms with E-state index in [1.165, 1.54) is 11.5 Å². The number of nitrogens with zero attached hydrogens (tertiary/aromatic N) is 1. The summed E-state index contributed by atoms with van der Waals surface area (Å²) in [7, 11) is 0. The van der Waals surface area contributed by atoms with Crippen LogP contribution in [0, 0.1) is 0 Å². The number of benzene rings is 3. The van der Waals surface area contributed by atoms with Gasteiger partial charge < -0.3 is 5.32 Å². The molecule has 1 heterocycles. The maximum atomic E-state index is 13.2. The fraction of sp³-hybridized carbons (Fsp3) is 0. The van der Waals surface area contributed by atoms with E-state index in [9.17, 15) is 9.59 Å². The van der Waals surface area contributed by atoms with Gasteiger partial charge in [0, 0.05) is 22.1 Å². The minimum absolute atomic E-state index is 0.0812. The SMILES string of the molecule is O=C(Nc1ccc2snc3c2c1C(=O)c1ccccc1-3)c1ccccc1. The van der Waals surface area contributed by atoms with Gasteiger partial charge in [-0.2, -0.15) is 4.37 Å². The molecule has 0 saturated heterocycles. The number of rotatable bonds is 2. The fourth-order valence-electron chi connectivity index (χ4n) is 3.37. The van der Waals surface area contributed by atoms with Crippen LogP contribution in [-0.2, 0) is 0 Å². The van der Waals surface area contributed by atoms with Crippen LogP contribution in [0.2, 0.25) is 0 Å². The second kappa shape index (κ2) is 5.61. The first-order valence-corrected chi connectivity index (χ1v) is 8.94. The Balaban J connectivity index is 1.69. The van der Waals surface area contributed by atoms with Crippen LogP contribution in [-0.4, -0.2) is 16.1 Å². The van der Waals surface area contributed by atoms with Gasteiger partial charge in [-0.05, 0) is 35.8 Å². The monoisotopic (exact) mass is 356 g/mol. The summed E-state index contributed by atoms with van der Waals surface area (Å²) in [6, 6.07) is 20.1. The van der Waals surface area contributed by atoms with E-state index < -0.39 is 0 Å². The largest absolute Gasteiger partial charge is 0.321 e. The number of anilines is 1. The maximum Gasteiger partial charge on any atom is 0.255 e. The van der Waals surface area contributed by atoms with Crippen LogP contribution < -0.4 is 5.32 Å². The maximum absolute atomic E-state index is 13.2. The second-order valence-electron chi connectivity index (χ2n) is 6.09. The Morgan fingerprint density at radius 2 is 1.62 bits per heavy atom. The molecule has 1 N–H and O–H groups in total. The summed E-state index contributed by atoms with van der Waals surface area (Å²) in [5.41, 5.74) is 3.87. The number of aromatic nitrogens is 1. The molecule has 4 nitrogen and oxygen atoms in total. The normalized spacial score (nSPS) is 12.1. The first kappa shape index (κ1) is 15.0. The van der Waals surface area contributed by atoms with Gasteiger partial charge in [0.1, 0.15) is 0 Å². The number of carbonyl (C=O) groups is 2. The number of fused-ring (bicyclic) bond motifs is 2. The average Bonchev–Trinajstić information content (AvgIpc) is 3.12. The third kappa shape index (κ3) is 2.11. The molecule has 0 bridgehead atoms. The van der Waals surface area contributed by atoms with Crippen molar-refractivity contribution >= 4 is 39.0 Å². The van der Waals surface area contributed by atoms with Crippen LogP contribution in [0.3, 0.4) is 0 Å². The molecule has 1 amide bonds. The number of hydrogen-bond donors (Lipinski definition) is 1. The zero-order chi connectivity index (χ0) is 17.7. The van der Waals surface area contributed by atoms with E-state index in [2.05, 4.69) is 9.69 Å². The minimum Gasteiger partial charge on any atom is -0.321 e. The summed E-state index contributed by atoms with van der Waals surface area (Å²) < 4.78 is 5.50. The Kier molecular flexibility index (Phi) is 3.23. The lowest BCUT2D eigenvalue weighted by atomic mass is 9.86. The summed E-state index contributed by atoms with van der Waals surface area (Å²) in [5, 5.41) is 3.72. The summed E-state index contributed by atoms with van der Waals surface area (Å²) >= 11 is 1.37. The van der Waals surface area contributed by atoms with Crippen molar-refractivity contribution in [2.75, 3.05) is 5.32 Å². The molecule has 0 saturated carbocycles. The molecule has 0 unspecified atom stereocenters. The van der Waals surface area contributed by atoms with E-state index in [1.54, 1.807) is 18.2 Å². The van der Waals surface area contributed by atoms with E-state index in [4.69, 9.17) is 0 Å². The van der Waals surface area contributed by atoms with E-state index in [-0.39, 0.29) is 11.7 Å². The highest BCUT2D eigenvalue weighted by atomic mass is 32.1. The third-order valence-corrected chi connectivity index (χ3v) is 5.39. The standard InChI is InChI=1S/C21H12N2O2S/c24-20-14-9-5-4-8-13(14)19-18-16(26-23-19)11-10-15(17(18)20)22-21(25)12-6-2-1-3-7-12/h1-11H,(H,22,25). The van der Waals surface area contributed by atoms with Crippen molar-refractivity contribution in [2.45, 2.75) is 0 Å². The zero-order valence-electron chi connectivity index (χ0n) is 13.5. The molecular formula is C21H12N2O2S. The molecule has 1 aliphatic carbocycles. The molecular weight excluding hydrogens is 344 g/mol. The zero-order valence-corrected chi connectivity index (χ0v) is 14.3. The van der Waals surface area contributed by atoms with Gasteiger partial charge in [-0.25, -0.2) is 0 Å². The van der Waals surface area contributed by atoms with E-state index in [0.29, 0.717) is 22.4 Å². The summed E-state index contributed by atoms with van der Waals surface area (Å²) in [6.07, 6.45) is 0. The van der Waals surface area contributed by atoms with Gasteiger partial charge in [0.2, 0.25) is 0 Å². The van der Waals surface area contributed by atoms with Gasteiger partial charge in [-0.3, -0.25) is 9.59 Å². The Hall–Kier alpha value is -3.31. The van der Waals surface area contributed by atoms with Gasteiger partial charge in [0.15, 0.2) is 5.78 Å². The van der Waals surface area contributed by atoms with Crippen molar-refractivity contribution < 1.29 is 9.59 Å². The molecule has 0 atom stereocenters. The molecule has 0 spiro atoms. The molecule has 124 valence electrons. The van der Waals surface area contributed by atoms with Crippen molar-refractivity contribution in [3.8, 4) is 11.3 Å². The lowest BCUT2D eigenvalue weighted by Gasteiger charge is -2.18. The number of hydrogen-bond acceptors (Lipinski definition) is 4. The molecule has 0 radical (unpaired) electrons. The summed E-state index contributed by atoms with van der Waals surface area (Å²) in [5.74, 6) is -0.320. The molecule has 5 rings (SSSR count). The van der Waals surface area contributed by atoms with Gasteiger partial charge >= 0.3 is 0 Å². The van der Waals surface area contributed by atoms with Crippen LogP contribution in [0.25, 0.3) is 21.3 Å². The van der Waals surface area contributed by atoms with E-state index in [0.717, 1.165) is 21.3 Å². The van der Waals surface area contributed by atoms with Gasteiger partial charge in [-0.1, -0.05) is 42.5 Å². The third-order valence-electron chi connectivity index (χ3n) is 4.58. The Morgan fingerprint density at radius 3 is 2.42 bits per heavy atom. The topological polar surface area (TPSA) is 59.1 Å². The number of ketones is 1. The van der Waals surface area contributed by atoms with Crippen LogP contribution in [0.15, 0.2) is 66.7 Å². The van der Waals surface area contributed by atoms with Crippen molar-refractivity contribution in [2.24, 2.45) is 0 Å². The smallest absolute Gasteiger partial charge is 0.255 e. The van der Waals surface area contributed by atoms with Gasteiger partial charge in [0.05, 0.1) is 21.6 Å². The van der Waals surface area contributed by atoms with Gasteiger partial charge in [0.25, 0.3) is 5.91 Å².